The van der Waals surface area contributed by atoms with Crippen molar-refractivity contribution in [2.75, 3.05) is 7.11 Å². The molecule has 4 rings (SSSR count). The number of aromatic hydroxyl groups is 1. The molecule has 0 atom stereocenters. The Morgan fingerprint density at radius 1 is 1.00 bits per heavy atom. The number of phenolic OH excluding ortho intramolecular Hbond substituents is 1. The number of aromatic nitrogens is 2. The van der Waals surface area contributed by atoms with Crippen LogP contribution in [0, 0.1) is 16.7 Å². The highest BCUT2D eigenvalue weighted by molar-refractivity contribution is 5.97. The number of carbonyl (C=O) groups is 1. The molecule has 0 aliphatic rings. The molecular formula is C24H18N4O5. The van der Waals surface area contributed by atoms with Gasteiger partial charge in [0, 0.05) is 28.1 Å². The summed E-state index contributed by atoms with van der Waals surface area (Å²) in [5.74, 6) is -0.349. The zero-order valence-corrected chi connectivity index (χ0v) is 17.7. The summed E-state index contributed by atoms with van der Waals surface area (Å²) in [6, 6.07) is 18.2. The number of phenols is 1. The second-order valence-electron chi connectivity index (χ2n) is 7.11. The van der Waals surface area contributed by atoms with Gasteiger partial charge in [-0.05, 0) is 48.5 Å². The zero-order chi connectivity index (χ0) is 23.5. The minimum atomic E-state index is -0.952. The summed E-state index contributed by atoms with van der Waals surface area (Å²) in [6.07, 6.45) is 0. The van der Waals surface area contributed by atoms with Crippen molar-refractivity contribution < 1.29 is 14.6 Å². The van der Waals surface area contributed by atoms with Crippen molar-refractivity contribution in [3.05, 3.63) is 87.8 Å². The van der Waals surface area contributed by atoms with Crippen LogP contribution in [0.4, 0.5) is 5.69 Å². The number of hydrogen-bond acceptors (Lipinski definition) is 7. The fourth-order valence-corrected chi connectivity index (χ4v) is 3.71. The molecular weight excluding hydrogens is 424 g/mol. The monoisotopic (exact) mass is 442 g/mol. The summed E-state index contributed by atoms with van der Waals surface area (Å²) >= 11 is 0. The van der Waals surface area contributed by atoms with Gasteiger partial charge in [-0.3, -0.25) is 9.36 Å². The van der Waals surface area contributed by atoms with Gasteiger partial charge in [-0.15, -0.1) is 9.81 Å². The highest BCUT2D eigenvalue weighted by Gasteiger charge is 2.23. The molecule has 0 bridgehead atoms. The van der Waals surface area contributed by atoms with Gasteiger partial charge < -0.3 is 9.84 Å². The standard InChI is InChI=1S/C24H18N4O5/c1-14-22(17-8-4-6-10-20(17)29)25-23(16-7-3-5-9-19(16)26-31)28(14)15-11-12-18(24(30)27-32)21(13-15)33-2/h3-13,29H,1-2H3. The Morgan fingerprint density at radius 2 is 1.70 bits per heavy atom. The van der Waals surface area contributed by atoms with Gasteiger partial charge in [0.2, 0.25) is 0 Å². The molecule has 0 fully saturated rings. The van der Waals surface area contributed by atoms with E-state index in [0.29, 0.717) is 34.0 Å². The van der Waals surface area contributed by atoms with Crippen LogP contribution in [0.5, 0.6) is 11.5 Å². The van der Waals surface area contributed by atoms with E-state index in [9.17, 15) is 19.7 Å². The Labute approximate surface area is 188 Å². The zero-order valence-electron chi connectivity index (χ0n) is 17.7. The Morgan fingerprint density at radius 3 is 2.36 bits per heavy atom. The van der Waals surface area contributed by atoms with Crippen molar-refractivity contribution in [2.45, 2.75) is 6.92 Å². The van der Waals surface area contributed by atoms with Gasteiger partial charge in [-0.25, -0.2) is 4.98 Å². The third kappa shape index (κ3) is 3.76. The molecule has 0 aliphatic carbocycles. The van der Waals surface area contributed by atoms with Crippen molar-refractivity contribution in [1.82, 2.24) is 9.55 Å². The van der Waals surface area contributed by atoms with E-state index in [1.54, 1.807) is 65.2 Å². The molecule has 0 unspecified atom stereocenters. The number of benzene rings is 3. The predicted molar refractivity (Wildman–Crippen MR) is 123 cm³/mol. The van der Waals surface area contributed by atoms with Crippen LogP contribution in [0.1, 0.15) is 16.1 Å². The largest absolute Gasteiger partial charge is 0.507 e. The molecule has 0 aliphatic heterocycles. The fourth-order valence-electron chi connectivity index (χ4n) is 3.71. The number of imidazole rings is 1. The second kappa shape index (κ2) is 8.83. The van der Waals surface area contributed by atoms with E-state index in [1.165, 1.54) is 13.2 Å². The number of amides is 1. The Kier molecular flexibility index (Phi) is 5.77. The van der Waals surface area contributed by atoms with Crippen LogP contribution in [0.2, 0.25) is 0 Å². The average Bonchev–Trinajstić information content (AvgIpc) is 3.19. The van der Waals surface area contributed by atoms with Gasteiger partial charge in [-0.2, -0.15) is 0 Å². The maximum Gasteiger partial charge on any atom is 0.320 e. The van der Waals surface area contributed by atoms with Gasteiger partial charge in [0.25, 0.3) is 0 Å². The molecule has 164 valence electrons. The molecule has 1 aromatic heterocycles. The van der Waals surface area contributed by atoms with Crippen molar-refractivity contribution in [3.63, 3.8) is 0 Å². The molecule has 0 saturated carbocycles. The van der Waals surface area contributed by atoms with Crippen LogP contribution >= 0.6 is 0 Å². The first-order valence-electron chi connectivity index (χ1n) is 9.86. The van der Waals surface area contributed by atoms with Crippen molar-refractivity contribution in [1.29, 1.82) is 0 Å². The third-order valence-electron chi connectivity index (χ3n) is 5.27. The first-order valence-corrected chi connectivity index (χ1v) is 9.86. The first kappa shape index (κ1) is 21.6. The van der Waals surface area contributed by atoms with Crippen molar-refractivity contribution in [3.8, 4) is 39.8 Å². The van der Waals surface area contributed by atoms with Crippen LogP contribution in [0.15, 0.2) is 77.1 Å². The van der Waals surface area contributed by atoms with Gasteiger partial charge in [-0.1, -0.05) is 24.3 Å². The molecule has 9 heteroatoms. The number of nitrogens with zero attached hydrogens (tertiary/aromatic N) is 4. The fraction of sp³-hybridized carbons (Fsp3) is 0.0833. The number of nitroso groups, excluding NO2 is 2. The number of ether oxygens (including phenoxy) is 1. The summed E-state index contributed by atoms with van der Waals surface area (Å²) in [5, 5.41) is 16.0. The van der Waals surface area contributed by atoms with Crippen LogP contribution in [-0.2, 0) is 0 Å². The molecule has 1 N–H and O–H groups in total. The molecule has 0 radical (unpaired) electrons. The summed E-state index contributed by atoms with van der Waals surface area (Å²) in [7, 11) is 1.38. The molecule has 3 aromatic carbocycles. The molecule has 4 aromatic rings. The lowest BCUT2D eigenvalue weighted by Gasteiger charge is -2.14. The lowest BCUT2D eigenvalue weighted by atomic mass is 10.1. The number of rotatable bonds is 6. The summed E-state index contributed by atoms with van der Waals surface area (Å²) in [4.78, 5) is 38.8. The molecule has 0 spiro atoms. The van der Waals surface area contributed by atoms with E-state index in [2.05, 4.69) is 10.4 Å². The van der Waals surface area contributed by atoms with Crippen LogP contribution in [-0.4, -0.2) is 27.7 Å². The van der Waals surface area contributed by atoms with Crippen molar-refractivity contribution >= 4 is 11.6 Å². The molecule has 33 heavy (non-hydrogen) atoms. The molecule has 0 saturated heterocycles. The quantitative estimate of drug-likeness (QED) is 0.391. The number of hydrogen-bond donors (Lipinski definition) is 1. The Bertz CT molecular complexity index is 1390. The van der Waals surface area contributed by atoms with Crippen molar-refractivity contribution in [2.24, 2.45) is 10.4 Å². The highest BCUT2D eigenvalue weighted by Crippen LogP contribution is 2.39. The summed E-state index contributed by atoms with van der Waals surface area (Å²) in [5.41, 5.74) is 2.90. The summed E-state index contributed by atoms with van der Waals surface area (Å²) in [6.45, 7) is 1.81. The van der Waals surface area contributed by atoms with E-state index < -0.39 is 5.91 Å². The van der Waals surface area contributed by atoms with Gasteiger partial charge in [0.05, 0.1) is 24.1 Å². The van der Waals surface area contributed by atoms with Crippen LogP contribution in [0.3, 0.4) is 0 Å². The van der Waals surface area contributed by atoms with E-state index in [1.807, 2.05) is 6.92 Å². The van der Waals surface area contributed by atoms with E-state index in [4.69, 9.17) is 9.72 Å². The smallest absolute Gasteiger partial charge is 0.320 e. The Balaban J connectivity index is 2.03. The minimum absolute atomic E-state index is 0.0199. The topological polar surface area (TPSA) is 123 Å². The Hall–Kier alpha value is -4.66. The maximum absolute atomic E-state index is 11.9. The van der Waals surface area contributed by atoms with Gasteiger partial charge in [0.15, 0.2) is 0 Å². The minimum Gasteiger partial charge on any atom is -0.507 e. The number of carbonyl (C=O) groups excluding carboxylic acids is 1. The van der Waals surface area contributed by atoms with Gasteiger partial charge in [0.1, 0.15) is 23.0 Å². The predicted octanol–water partition coefficient (Wildman–Crippen LogP) is 5.53. The van der Waals surface area contributed by atoms with E-state index in [0.717, 1.165) is 0 Å². The second-order valence-corrected chi connectivity index (χ2v) is 7.11. The SMILES string of the molecule is COc1cc(-n2c(-c3ccccc3N=O)nc(-c3ccccc3O)c2C)ccc1C(=O)N=O. The summed E-state index contributed by atoms with van der Waals surface area (Å²) < 4.78 is 7.07. The lowest BCUT2D eigenvalue weighted by Crippen LogP contribution is -2.04. The normalized spacial score (nSPS) is 10.6. The van der Waals surface area contributed by atoms with Gasteiger partial charge >= 0.3 is 5.91 Å². The van der Waals surface area contributed by atoms with Crippen LogP contribution in [0.25, 0.3) is 28.3 Å². The molecule has 1 heterocycles. The maximum atomic E-state index is 11.9. The number of para-hydroxylation sites is 1. The molecule has 1 amide bonds. The lowest BCUT2D eigenvalue weighted by molar-refractivity contribution is 0.0998. The van der Waals surface area contributed by atoms with E-state index >= 15 is 0 Å². The first-order chi connectivity index (χ1) is 16.0. The third-order valence-corrected chi connectivity index (χ3v) is 5.27. The highest BCUT2D eigenvalue weighted by atomic mass is 16.5. The van der Waals surface area contributed by atoms with Crippen LogP contribution < -0.4 is 4.74 Å². The molecule has 9 nitrogen and oxygen atoms in total. The average molecular weight is 442 g/mol. The van der Waals surface area contributed by atoms with E-state index in [-0.39, 0.29) is 22.7 Å². The number of methoxy groups -OCH3 is 1.